The van der Waals surface area contributed by atoms with Gasteiger partial charge in [-0.1, -0.05) is 53.2 Å². The molecule has 0 unspecified atom stereocenters. The average molecular weight is 452 g/mol. The predicted molar refractivity (Wildman–Crippen MR) is 125 cm³/mol. The quantitative estimate of drug-likeness (QED) is 0.346. The molecule has 1 aromatic heterocycles. The monoisotopic (exact) mass is 451 g/mol. The zero-order chi connectivity index (χ0) is 21.8. The van der Waals surface area contributed by atoms with Crippen LogP contribution in [0.5, 0.6) is 0 Å². The van der Waals surface area contributed by atoms with Gasteiger partial charge >= 0.3 is 0 Å². The van der Waals surface area contributed by atoms with E-state index in [1.807, 2.05) is 66.2 Å². The van der Waals surface area contributed by atoms with E-state index in [0.29, 0.717) is 15.9 Å². The zero-order valence-corrected chi connectivity index (χ0v) is 18.3. The Hall–Kier alpha value is -3.09. The van der Waals surface area contributed by atoms with Crippen LogP contribution in [0.3, 0.4) is 0 Å². The van der Waals surface area contributed by atoms with Crippen LogP contribution in [0.2, 0.25) is 5.02 Å². The topological polar surface area (TPSA) is 46.9 Å². The van der Waals surface area contributed by atoms with Crippen molar-refractivity contribution in [2.75, 3.05) is 11.1 Å². The van der Waals surface area contributed by atoms with Crippen molar-refractivity contribution in [1.82, 2.24) is 9.55 Å². The molecule has 0 aliphatic rings. The molecule has 31 heavy (non-hydrogen) atoms. The molecule has 1 heterocycles. The van der Waals surface area contributed by atoms with E-state index in [4.69, 9.17) is 16.6 Å². The predicted octanol–water partition coefficient (Wildman–Crippen LogP) is 6.37. The van der Waals surface area contributed by atoms with Gasteiger partial charge in [0.05, 0.1) is 11.4 Å². The molecule has 4 rings (SSSR count). The molecule has 0 aliphatic heterocycles. The first-order chi connectivity index (χ1) is 15.0. The van der Waals surface area contributed by atoms with Gasteiger partial charge < -0.3 is 5.32 Å². The van der Waals surface area contributed by atoms with Gasteiger partial charge in [-0.05, 0) is 55.5 Å². The SMILES string of the molecule is Cc1ccc(-n2cc(-c3ccc(Cl)cc3)nc2SCC(=O)Nc2ccc(F)cc2)cc1. The fraction of sp³-hybridized carbons (Fsp3) is 0.0833. The summed E-state index contributed by atoms with van der Waals surface area (Å²) in [5, 5.41) is 4.13. The number of carbonyl (C=O) groups is 1. The van der Waals surface area contributed by atoms with Gasteiger partial charge in [-0.15, -0.1) is 0 Å². The summed E-state index contributed by atoms with van der Waals surface area (Å²) < 4.78 is 15.0. The minimum atomic E-state index is -0.345. The number of rotatable bonds is 6. The van der Waals surface area contributed by atoms with Crippen LogP contribution in [-0.2, 0) is 4.79 Å². The van der Waals surface area contributed by atoms with Crippen molar-refractivity contribution in [3.05, 3.63) is 95.4 Å². The molecule has 156 valence electrons. The fourth-order valence-electron chi connectivity index (χ4n) is 2.98. The lowest BCUT2D eigenvalue weighted by atomic mass is 10.2. The van der Waals surface area contributed by atoms with Crippen molar-refractivity contribution >= 4 is 35.0 Å². The summed E-state index contributed by atoms with van der Waals surface area (Å²) in [7, 11) is 0. The van der Waals surface area contributed by atoms with E-state index in [9.17, 15) is 9.18 Å². The van der Waals surface area contributed by atoms with Crippen molar-refractivity contribution in [2.24, 2.45) is 0 Å². The molecule has 0 spiro atoms. The highest BCUT2D eigenvalue weighted by atomic mass is 35.5. The highest BCUT2D eigenvalue weighted by molar-refractivity contribution is 7.99. The van der Waals surface area contributed by atoms with Crippen LogP contribution in [0, 0.1) is 12.7 Å². The first-order valence-electron chi connectivity index (χ1n) is 9.58. The number of thioether (sulfide) groups is 1. The molecule has 0 saturated carbocycles. The van der Waals surface area contributed by atoms with Crippen LogP contribution in [0.4, 0.5) is 10.1 Å². The summed E-state index contributed by atoms with van der Waals surface area (Å²) in [6, 6.07) is 21.3. The second kappa shape index (κ2) is 9.37. The normalized spacial score (nSPS) is 10.8. The molecule has 0 aliphatic carbocycles. The minimum Gasteiger partial charge on any atom is -0.325 e. The third-order valence-corrected chi connectivity index (χ3v) is 5.79. The van der Waals surface area contributed by atoms with Gasteiger partial charge in [0.1, 0.15) is 5.82 Å². The Labute approximate surface area is 189 Å². The van der Waals surface area contributed by atoms with Gasteiger partial charge in [-0.25, -0.2) is 9.37 Å². The average Bonchev–Trinajstić information content (AvgIpc) is 3.19. The second-order valence-corrected chi connectivity index (χ2v) is 8.34. The van der Waals surface area contributed by atoms with Gasteiger partial charge in [-0.2, -0.15) is 0 Å². The summed E-state index contributed by atoms with van der Waals surface area (Å²) in [5.74, 6) is -0.370. The number of carbonyl (C=O) groups excluding carboxylic acids is 1. The molecule has 0 saturated heterocycles. The van der Waals surface area contributed by atoms with Crippen LogP contribution >= 0.6 is 23.4 Å². The molecule has 0 atom stereocenters. The van der Waals surface area contributed by atoms with Gasteiger partial charge in [-0.3, -0.25) is 9.36 Å². The Morgan fingerprint density at radius 2 is 1.71 bits per heavy atom. The highest BCUT2D eigenvalue weighted by Crippen LogP contribution is 2.28. The van der Waals surface area contributed by atoms with Crippen molar-refractivity contribution in [1.29, 1.82) is 0 Å². The third-order valence-electron chi connectivity index (χ3n) is 4.59. The van der Waals surface area contributed by atoms with Crippen LogP contribution in [0.15, 0.2) is 84.1 Å². The molecule has 1 amide bonds. The number of aryl methyl sites for hydroxylation is 1. The number of amides is 1. The van der Waals surface area contributed by atoms with Gasteiger partial charge in [0.25, 0.3) is 0 Å². The van der Waals surface area contributed by atoms with E-state index in [1.165, 1.54) is 36.0 Å². The van der Waals surface area contributed by atoms with Crippen molar-refractivity contribution in [3.8, 4) is 16.9 Å². The summed E-state index contributed by atoms with van der Waals surface area (Å²) in [5.41, 5.74) is 4.40. The standard InChI is InChI=1S/C24H19ClFN3OS/c1-16-2-12-21(13-3-16)29-14-22(17-4-6-18(25)7-5-17)28-24(29)31-15-23(30)27-20-10-8-19(26)9-11-20/h2-14H,15H2,1H3,(H,27,30). The molecule has 4 aromatic rings. The zero-order valence-electron chi connectivity index (χ0n) is 16.7. The number of anilines is 1. The van der Waals surface area contributed by atoms with Gasteiger partial charge in [0, 0.05) is 28.2 Å². The maximum absolute atomic E-state index is 13.1. The Kier molecular flexibility index (Phi) is 6.39. The lowest BCUT2D eigenvalue weighted by molar-refractivity contribution is -0.113. The van der Waals surface area contributed by atoms with E-state index in [1.54, 1.807) is 0 Å². The van der Waals surface area contributed by atoms with E-state index < -0.39 is 0 Å². The third kappa shape index (κ3) is 5.34. The van der Waals surface area contributed by atoms with Crippen LogP contribution in [-0.4, -0.2) is 21.2 Å². The first-order valence-corrected chi connectivity index (χ1v) is 10.9. The molecule has 0 fully saturated rings. The number of hydrogen-bond acceptors (Lipinski definition) is 3. The van der Waals surface area contributed by atoms with Crippen LogP contribution in [0.25, 0.3) is 16.9 Å². The molecular weight excluding hydrogens is 433 g/mol. The Morgan fingerprint density at radius 1 is 1.03 bits per heavy atom. The Balaban J connectivity index is 1.57. The number of imidazole rings is 1. The largest absolute Gasteiger partial charge is 0.325 e. The Bertz CT molecular complexity index is 1190. The van der Waals surface area contributed by atoms with E-state index in [0.717, 1.165) is 22.5 Å². The molecule has 3 aromatic carbocycles. The van der Waals surface area contributed by atoms with Gasteiger partial charge in [0.15, 0.2) is 5.16 Å². The van der Waals surface area contributed by atoms with Crippen molar-refractivity contribution in [3.63, 3.8) is 0 Å². The minimum absolute atomic E-state index is 0.167. The van der Waals surface area contributed by atoms with Crippen LogP contribution in [0.1, 0.15) is 5.56 Å². The van der Waals surface area contributed by atoms with Crippen LogP contribution < -0.4 is 5.32 Å². The Morgan fingerprint density at radius 3 is 2.39 bits per heavy atom. The van der Waals surface area contributed by atoms with E-state index in [2.05, 4.69) is 5.32 Å². The van der Waals surface area contributed by atoms with Crippen molar-refractivity contribution < 1.29 is 9.18 Å². The number of halogens is 2. The summed E-state index contributed by atoms with van der Waals surface area (Å²) in [6.45, 7) is 2.03. The lowest BCUT2D eigenvalue weighted by Gasteiger charge is -2.08. The maximum atomic E-state index is 13.1. The molecule has 0 bridgehead atoms. The fourth-order valence-corrected chi connectivity index (χ4v) is 3.89. The highest BCUT2D eigenvalue weighted by Gasteiger charge is 2.14. The second-order valence-electron chi connectivity index (χ2n) is 6.96. The summed E-state index contributed by atoms with van der Waals surface area (Å²) >= 11 is 7.35. The molecule has 1 N–H and O–H groups in total. The molecule has 7 heteroatoms. The van der Waals surface area contributed by atoms with E-state index in [-0.39, 0.29) is 17.5 Å². The smallest absolute Gasteiger partial charge is 0.234 e. The maximum Gasteiger partial charge on any atom is 0.234 e. The number of aromatic nitrogens is 2. The van der Waals surface area contributed by atoms with Crippen molar-refractivity contribution in [2.45, 2.75) is 12.1 Å². The number of nitrogens with zero attached hydrogens (tertiary/aromatic N) is 2. The number of benzene rings is 3. The number of nitrogens with one attached hydrogen (secondary N) is 1. The summed E-state index contributed by atoms with van der Waals surface area (Å²) in [6.07, 6.45) is 1.95. The lowest BCUT2D eigenvalue weighted by Crippen LogP contribution is -2.14. The molecular formula is C24H19ClFN3OS. The summed E-state index contributed by atoms with van der Waals surface area (Å²) in [4.78, 5) is 17.2. The first kappa shape index (κ1) is 21.2. The van der Waals surface area contributed by atoms with E-state index >= 15 is 0 Å². The molecule has 4 nitrogen and oxygen atoms in total. The van der Waals surface area contributed by atoms with Gasteiger partial charge in [0.2, 0.25) is 5.91 Å². The molecule has 0 radical (unpaired) electrons. The number of hydrogen-bond donors (Lipinski definition) is 1.